The highest BCUT2D eigenvalue weighted by Crippen LogP contribution is 2.28. The van der Waals surface area contributed by atoms with Crippen molar-refractivity contribution in [3.8, 4) is 0 Å². The average Bonchev–Trinajstić information content (AvgIpc) is 2.83. The van der Waals surface area contributed by atoms with E-state index < -0.39 is 0 Å². The zero-order valence-electron chi connectivity index (χ0n) is 11.6. The molecule has 2 atom stereocenters. The third-order valence-corrected chi connectivity index (χ3v) is 4.80. The quantitative estimate of drug-likeness (QED) is 0.842. The summed E-state index contributed by atoms with van der Waals surface area (Å²) in [7, 11) is 0. The molecule has 1 N–H and O–H groups in total. The van der Waals surface area contributed by atoms with Crippen molar-refractivity contribution < 1.29 is 4.74 Å². The maximum absolute atomic E-state index is 6.09. The van der Waals surface area contributed by atoms with Crippen molar-refractivity contribution >= 4 is 11.3 Å². The molecule has 1 saturated carbocycles. The summed E-state index contributed by atoms with van der Waals surface area (Å²) in [5.41, 5.74) is 0. The van der Waals surface area contributed by atoms with Crippen LogP contribution in [-0.2, 0) is 17.9 Å². The molecule has 0 spiro atoms. The predicted octanol–water partition coefficient (Wildman–Crippen LogP) is 3.95. The first-order valence-electron chi connectivity index (χ1n) is 7.19. The SMILES string of the molecule is CCNCc1ccc(COC2CCCCC2C)s1. The van der Waals surface area contributed by atoms with E-state index in [4.69, 9.17) is 4.74 Å². The Hall–Kier alpha value is -0.380. The van der Waals surface area contributed by atoms with Crippen molar-refractivity contribution in [1.82, 2.24) is 5.32 Å². The molecule has 3 heteroatoms. The highest BCUT2D eigenvalue weighted by Gasteiger charge is 2.21. The van der Waals surface area contributed by atoms with Crippen LogP contribution in [0, 0.1) is 5.92 Å². The zero-order chi connectivity index (χ0) is 12.8. The van der Waals surface area contributed by atoms with Gasteiger partial charge in [-0.1, -0.05) is 26.7 Å². The van der Waals surface area contributed by atoms with E-state index in [0.717, 1.165) is 25.6 Å². The van der Waals surface area contributed by atoms with Gasteiger partial charge in [0.2, 0.25) is 0 Å². The van der Waals surface area contributed by atoms with Crippen LogP contribution in [0.15, 0.2) is 12.1 Å². The van der Waals surface area contributed by atoms with Crippen molar-refractivity contribution in [3.05, 3.63) is 21.9 Å². The Morgan fingerprint density at radius 2 is 2.06 bits per heavy atom. The van der Waals surface area contributed by atoms with Gasteiger partial charge in [-0.05, 0) is 37.4 Å². The average molecular weight is 267 g/mol. The molecule has 1 aromatic rings. The van der Waals surface area contributed by atoms with Gasteiger partial charge in [-0.3, -0.25) is 0 Å². The molecule has 0 amide bonds. The standard InChI is InChI=1S/C15H25NOS/c1-3-16-10-13-8-9-14(18-13)11-17-15-7-5-4-6-12(15)2/h8-9,12,15-16H,3-7,10-11H2,1-2H3. The van der Waals surface area contributed by atoms with Gasteiger partial charge in [0.15, 0.2) is 0 Å². The third kappa shape index (κ3) is 4.08. The molecule has 1 fully saturated rings. The molecule has 2 rings (SSSR count). The summed E-state index contributed by atoms with van der Waals surface area (Å²) in [4.78, 5) is 2.77. The van der Waals surface area contributed by atoms with Crippen LogP contribution in [-0.4, -0.2) is 12.6 Å². The maximum atomic E-state index is 6.09. The summed E-state index contributed by atoms with van der Waals surface area (Å²) in [5.74, 6) is 0.736. The first-order chi connectivity index (χ1) is 8.79. The van der Waals surface area contributed by atoms with Gasteiger partial charge in [0.05, 0.1) is 12.7 Å². The molecule has 1 aliphatic carbocycles. The zero-order valence-corrected chi connectivity index (χ0v) is 12.4. The fourth-order valence-corrected chi connectivity index (χ4v) is 3.47. The molecule has 0 radical (unpaired) electrons. The third-order valence-electron chi connectivity index (χ3n) is 3.74. The van der Waals surface area contributed by atoms with Crippen LogP contribution in [0.5, 0.6) is 0 Å². The van der Waals surface area contributed by atoms with Gasteiger partial charge < -0.3 is 10.1 Å². The second kappa shape index (κ2) is 7.27. The van der Waals surface area contributed by atoms with Gasteiger partial charge in [-0.2, -0.15) is 0 Å². The van der Waals surface area contributed by atoms with Crippen molar-refractivity contribution in [3.63, 3.8) is 0 Å². The van der Waals surface area contributed by atoms with Crippen LogP contribution in [0.2, 0.25) is 0 Å². The lowest BCUT2D eigenvalue weighted by molar-refractivity contribution is -0.0143. The van der Waals surface area contributed by atoms with E-state index in [9.17, 15) is 0 Å². The lowest BCUT2D eigenvalue weighted by Crippen LogP contribution is -2.25. The first-order valence-corrected chi connectivity index (χ1v) is 8.01. The minimum atomic E-state index is 0.484. The fraction of sp³-hybridized carbons (Fsp3) is 0.733. The maximum Gasteiger partial charge on any atom is 0.0813 e. The van der Waals surface area contributed by atoms with Crippen LogP contribution >= 0.6 is 11.3 Å². The Balaban J connectivity index is 1.77. The molecule has 0 bridgehead atoms. The van der Waals surface area contributed by atoms with E-state index in [1.807, 2.05) is 11.3 Å². The van der Waals surface area contributed by atoms with Gasteiger partial charge >= 0.3 is 0 Å². The van der Waals surface area contributed by atoms with E-state index in [-0.39, 0.29) is 0 Å². The van der Waals surface area contributed by atoms with Crippen molar-refractivity contribution in [1.29, 1.82) is 0 Å². The molecule has 102 valence electrons. The monoisotopic (exact) mass is 267 g/mol. The van der Waals surface area contributed by atoms with Gasteiger partial charge in [-0.25, -0.2) is 0 Å². The summed E-state index contributed by atoms with van der Waals surface area (Å²) in [6, 6.07) is 4.43. The van der Waals surface area contributed by atoms with Crippen molar-refractivity contribution in [2.75, 3.05) is 6.54 Å². The molecule has 1 aromatic heterocycles. The molecule has 18 heavy (non-hydrogen) atoms. The summed E-state index contributed by atoms with van der Waals surface area (Å²) >= 11 is 1.88. The summed E-state index contributed by atoms with van der Waals surface area (Å²) in [6.45, 7) is 7.28. The molecule has 0 aliphatic heterocycles. The summed E-state index contributed by atoms with van der Waals surface area (Å²) < 4.78 is 6.09. The number of hydrogen-bond donors (Lipinski definition) is 1. The van der Waals surface area contributed by atoms with Crippen molar-refractivity contribution in [2.24, 2.45) is 5.92 Å². The van der Waals surface area contributed by atoms with Gasteiger partial charge in [0.1, 0.15) is 0 Å². The highest BCUT2D eigenvalue weighted by atomic mass is 32.1. The minimum absolute atomic E-state index is 0.484. The number of nitrogens with one attached hydrogen (secondary N) is 1. The van der Waals surface area contributed by atoms with E-state index >= 15 is 0 Å². The van der Waals surface area contributed by atoms with Crippen LogP contribution in [0.1, 0.15) is 49.3 Å². The topological polar surface area (TPSA) is 21.3 Å². The summed E-state index contributed by atoms with van der Waals surface area (Å²) in [6.07, 6.45) is 5.79. The Labute approximate surface area is 115 Å². The second-order valence-corrected chi connectivity index (χ2v) is 6.51. The largest absolute Gasteiger partial charge is 0.372 e. The molecular formula is C15H25NOS. The first kappa shape index (κ1) is 14.0. The highest BCUT2D eigenvalue weighted by molar-refractivity contribution is 7.11. The Morgan fingerprint density at radius 1 is 1.28 bits per heavy atom. The smallest absolute Gasteiger partial charge is 0.0813 e. The van der Waals surface area contributed by atoms with Gasteiger partial charge in [0, 0.05) is 16.3 Å². The number of rotatable bonds is 6. The molecule has 2 nitrogen and oxygen atoms in total. The fourth-order valence-electron chi connectivity index (χ4n) is 2.56. The molecule has 1 aliphatic rings. The molecule has 0 saturated heterocycles. The Morgan fingerprint density at radius 3 is 2.83 bits per heavy atom. The number of hydrogen-bond acceptors (Lipinski definition) is 3. The van der Waals surface area contributed by atoms with Gasteiger partial charge in [-0.15, -0.1) is 11.3 Å². The normalized spacial score (nSPS) is 24.3. The van der Waals surface area contributed by atoms with Crippen molar-refractivity contribution in [2.45, 2.75) is 58.8 Å². The second-order valence-electron chi connectivity index (χ2n) is 5.26. The predicted molar refractivity (Wildman–Crippen MR) is 77.9 cm³/mol. The minimum Gasteiger partial charge on any atom is -0.372 e. The van der Waals surface area contributed by atoms with Crippen LogP contribution in [0.25, 0.3) is 0 Å². The van der Waals surface area contributed by atoms with E-state index in [2.05, 4.69) is 31.3 Å². The molecular weight excluding hydrogens is 242 g/mol. The number of ether oxygens (including phenoxy) is 1. The van der Waals surface area contributed by atoms with Crippen LogP contribution < -0.4 is 5.32 Å². The van der Waals surface area contributed by atoms with E-state index in [1.54, 1.807) is 0 Å². The van der Waals surface area contributed by atoms with E-state index in [0.29, 0.717) is 6.10 Å². The van der Waals surface area contributed by atoms with Crippen LogP contribution in [0.3, 0.4) is 0 Å². The van der Waals surface area contributed by atoms with E-state index in [1.165, 1.54) is 35.4 Å². The lowest BCUT2D eigenvalue weighted by Gasteiger charge is -2.28. The lowest BCUT2D eigenvalue weighted by atomic mass is 9.88. The molecule has 1 heterocycles. The summed E-state index contributed by atoms with van der Waals surface area (Å²) in [5, 5.41) is 3.36. The molecule has 2 unspecified atom stereocenters. The Kier molecular flexibility index (Phi) is 5.67. The Bertz CT molecular complexity index is 350. The van der Waals surface area contributed by atoms with Gasteiger partial charge in [0.25, 0.3) is 0 Å². The van der Waals surface area contributed by atoms with Crippen LogP contribution in [0.4, 0.5) is 0 Å². The number of thiophene rings is 1. The molecule has 0 aromatic carbocycles.